The van der Waals surface area contributed by atoms with Crippen LogP contribution in [-0.4, -0.2) is 90.0 Å². The number of hydrogen-bond acceptors (Lipinski definition) is 6. The molecule has 0 atom stereocenters. The molecule has 0 aliphatic carbocycles. The van der Waals surface area contributed by atoms with Crippen molar-refractivity contribution in [2.24, 2.45) is 4.99 Å². The van der Waals surface area contributed by atoms with Gasteiger partial charge in [0.1, 0.15) is 0 Å². The molecule has 0 aromatic carbocycles. The van der Waals surface area contributed by atoms with E-state index in [0.717, 1.165) is 17.3 Å². The summed E-state index contributed by atoms with van der Waals surface area (Å²) in [5.74, 6) is 1.51. The van der Waals surface area contributed by atoms with E-state index in [1.165, 1.54) is 0 Å². The standard InChI is InChI=1S/C20H31N7O3S/c1-17(2)30-13-14-31(28,29)26-11-9-25(10-12-26)20(21-3)23-16-18-5-7-22-19(15-18)27-8-4-6-24-27/h4-8,15,17H,9-14,16H2,1-3H3,(H,21,23). The van der Waals surface area contributed by atoms with Gasteiger partial charge in [-0.2, -0.15) is 9.40 Å². The highest BCUT2D eigenvalue weighted by atomic mass is 32.2. The molecule has 0 unspecified atom stereocenters. The van der Waals surface area contributed by atoms with E-state index in [0.29, 0.717) is 32.7 Å². The Kier molecular flexibility index (Phi) is 7.99. The van der Waals surface area contributed by atoms with E-state index < -0.39 is 10.0 Å². The number of rotatable bonds is 8. The lowest BCUT2D eigenvalue weighted by atomic mass is 10.2. The monoisotopic (exact) mass is 449 g/mol. The molecule has 1 fully saturated rings. The van der Waals surface area contributed by atoms with Crippen molar-refractivity contribution in [1.29, 1.82) is 0 Å². The molecule has 11 heteroatoms. The van der Waals surface area contributed by atoms with Crippen LogP contribution in [0.5, 0.6) is 0 Å². The first kappa shape index (κ1) is 23.2. The fourth-order valence-electron chi connectivity index (χ4n) is 3.31. The summed E-state index contributed by atoms with van der Waals surface area (Å²) in [5, 5.41) is 7.57. The van der Waals surface area contributed by atoms with Crippen molar-refractivity contribution in [3.63, 3.8) is 0 Å². The van der Waals surface area contributed by atoms with Crippen LogP contribution in [-0.2, 0) is 21.3 Å². The third-order valence-electron chi connectivity index (χ3n) is 4.94. The first-order valence-electron chi connectivity index (χ1n) is 10.4. The molecule has 2 aromatic heterocycles. The molecular weight excluding hydrogens is 418 g/mol. The zero-order valence-corrected chi connectivity index (χ0v) is 19.1. The van der Waals surface area contributed by atoms with Crippen LogP contribution >= 0.6 is 0 Å². The summed E-state index contributed by atoms with van der Waals surface area (Å²) in [5.41, 5.74) is 1.05. The molecule has 3 rings (SSSR count). The average molecular weight is 450 g/mol. The summed E-state index contributed by atoms with van der Waals surface area (Å²) in [4.78, 5) is 10.8. The van der Waals surface area contributed by atoms with Gasteiger partial charge >= 0.3 is 0 Å². The lowest BCUT2D eigenvalue weighted by Crippen LogP contribution is -2.54. The van der Waals surface area contributed by atoms with Gasteiger partial charge in [0.2, 0.25) is 10.0 Å². The molecule has 0 saturated carbocycles. The van der Waals surface area contributed by atoms with E-state index in [1.54, 1.807) is 28.4 Å². The predicted molar refractivity (Wildman–Crippen MR) is 120 cm³/mol. The number of aliphatic imine (C=N–C) groups is 1. The molecule has 0 spiro atoms. The Morgan fingerprint density at radius 1 is 1.26 bits per heavy atom. The lowest BCUT2D eigenvalue weighted by molar-refractivity contribution is 0.0904. The maximum atomic E-state index is 12.5. The summed E-state index contributed by atoms with van der Waals surface area (Å²) in [6, 6.07) is 5.76. The van der Waals surface area contributed by atoms with Crippen LogP contribution in [0.2, 0.25) is 0 Å². The van der Waals surface area contributed by atoms with Gasteiger partial charge in [-0.25, -0.2) is 18.1 Å². The quantitative estimate of drug-likeness (QED) is 0.468. The molecule has 1 aliphatic rings. The smallest absolute Gasteiger partial charge is 0.216 e. The normalized spacial score (nSPS) is 16.1. The van der Waals surface area contributed by atoms with Crippen molar-refractivity contribution in [2.75, 3.05) is 45.6 Å². The first-order chi connectivity index (χ1) is 14.9. The van der Waals surface area contributed by atoms with Gasteiger partial charge < -0.3 is 15.0 Å². The van der Waals surface area contributed by atoms with E-state index in [2.05, 4.69) is 25.3 Å². The molecule has 10 nitrogen and oxygen atoms in total. The number of guanidine groups is 1. The minimum Gasteiger partial charge on any atom is -0.378 e. The van der Waals surface area contributed by atoms with Crippen molar-refractivity contribution in [2.45, 2.75) is 26.5 Å². The van der Waals surface area contributed by atoms with Crippen molar-refractivity contribution >= 4 is 16.0 Å². The summed E-state index contributed by atoms with van der Waals surface area (Å²) in [6.45, 7) is 6.62. The van der Waals surface area contributed by atoms with E-state index in [1.807, 2.05) is 38.2 Å². The van der Waals surface area contributed by atoms with Crippen LogP contribution in [0.4, 0.5) is 0 Å². The highest BCUT2D eigenvalue weighted by Crippen LogP contribution is 2.10. The molecule has 2 aromatic rings. The minimum atomic E-state index is -3.31. The maximum absolute atomic E-state index is 12.5. The van der Waals surface area contributed by atoms with Gasteiger partial charge in [0.25, 0.3) is 0 Å². The van der Waals surface area contributed by atoms with Gasteiger partial charge in [0.15, 0.2) is 11.8 Å². The highest BCUT2D eigenvalue weighted by molar-refractivity contribution is 7.89. The third kappa shape index (κ3) is 6.49. The van der Waals surface area contributed by atoms with Crippen molar-refractivity contribution in [3.05, 3.63) is 42.4 Å². The van der Waals surface area contributed by atoms with E-state index in [-0.39, 0.29) is 18.5 Å². The molecule has 0 amide bonds. The second kappa shape index (κ2) is 10.7. The zero-order valence-electron chi connectivity index (χ0n) is 18.3. The average Bonchev–Trinajstić information content (AvgIpc) is 3.29. The van der Waals surface area contributed by atoms with Crippen molar-refractivity contribution < 1.29 is 13.2 Å². The molecule has 1 aliphatic heterocycles. The van der Waals surface area contributed by atoms with E-state index in [9.17, 15) is 8.42 Å². The second-order valence-corrected chi connectivity index (χ2v) is 9.58. The number of hydrogen-bond donors (Lipinski definition) is 1. The molecule has 3 heterocycles. The van der Waals surface area contributed by atoms with Crippen LogP contribution in [0.15, 0.2) is 41.8 Å². The van der Waals surface area contributed by atoms with Gasteiger partial charge in [-0.1, -0.05) is 0 Å². The molecule has 1 saturated heterocycles. The number of piperazine rings is 1. The minimum absolute atomic E-state index is 0.0127. The SMILES string of the molecule is CN=C(NCc1ccnc(-n2cccn2)c1)N1CCN(S(=O)(=O)CCOC(C)C)CC1. The summed E-state index contributed by atoms with van der Waals surface area (Å²) >= 11 is 0. The molecule has 0 radical (unpaired) electrons. The fraction of sp³-hybridized carbons (Fsp3) is 0.550. The number of pyridine rings is 1. The zero-order chi connectivity index (χ0) is 22.3. The fourth-order valence-corrected chi connectivity index (χ4v) is 4.59. The largest absolute Gasteiger partial charge is 0.378 e. The van der Waals surface area contributed by atoms with Gasteiger partial charge in [0, 0.05) is 58.4 Å². The Morgan fingerprint density at radius 3 is 2.68 bits per heavy atom. The Bertz CT molecular complexity index is 953. The van der Waals surface area contributed by atoms with Gasteiger partial charge in [-0.05, 0) is 37.6 Å². The van der Waals surface area contributed by atoms with Gasteiger partial charge in [-0.3, -0.25) is 4.99 Å². The van der Waals surface area contributed by atoms with Crippen LogP contribution in [0.1, 0.15) is 19.4 Å². The number of nitrogens with zero attached hydrogens (tertiary/aromatic N) is 6. The number of sulfonamides is 1. The number of aromatic nitrogens is 3. The summed E-state index contributed by atoms with van der Waals surface area (Å²) in [6.07, 6.45) is 5.34. The third-order valence-corrected chi connectivity index (χ3v) is 6.77. The van der Waals surface area contributed by atoms with Crippen LogP contribution in [0.25, 0.3) is 5.82 Å². The van der Waals surface area contributed by atoms with Crippen molar-refractivity contribution in [3.8, 4) is 5.82 Å². The highest BCUT2D eigenvalue weighted by Gasteiger charge is 2.28. The number of nitrogens with one attached hydrogen (secondary N) is 1. The second-order valence-electron chi connectivity index (χ2n) is 7.50. The number of ether oxygens (including phenoxy) is 1. The Balaban J connectivity index is 1.51. The van der Waals surface area contributed by atoms with Crippen LogP contribution in [0.3, 0.4) is 0 Å². The molecule has 0 bridgehead atoms. The Labute approximate surface area is 184 Å². The topological polar surface area (TPSA) is 105 Å². The van der Waals surface area contributed by atoms with E-state index in [4.69, 9.17) is 4.74 Å². The Hall–Kier alpha value is -2.50. The summed E-state index contributed by atoms with van der Waals surface area (Å²) < 4.78 is 33.7. The molecule has 1 N–H and O–H groups in total. The lowest BCUT2D eigenvalue weighted by Gasteiger charge is -2.35. The van der Waals surface area contributed by atoms with E-state index >= 15 is 0 Å². The summed E-state index contributed by atoms with van der Waals surface area (Å²) in [7, 11) is -1.58. The van der Waals surface area contributed by atoms with Crippen molar-refractivity contribution in [1.82, 2.24) is 29.3 Å². The molecule has 31 heavy (non-hydrogen) atoms. The molecular formula is C20H31N7O3S. The van der Waals surface area contributed by atoms with Gasteiger partial charge in [0.05, 0.1) is 18.5 Å². The first-order valence-corrected chi connectivity index (χ1v) is 12.0. The van der Waals surface area contributed by atoms with Crippen LogP contribution < -0.4 is 5.32 Å². The van der Waals surface area contributed by atoms with Crippen LogP contribution in [0, 0.1) is 0 Å². The maximum Gasteiger partial charge on any atom is 0.216 e. The predicted octanol–water partition coefficient (Wildman–Crippen LogP) is 0.715. The van der Waals surface area contributed by atoms with Gasteiger partial charge in [-0.15, -0.1) is 0 Å². The Morgan fingerprint density at radius 2 is 2.03 bits per heavy atom. The molecule has 170 valence electrons.